The predicted molar refractivity (Wildman–Crippen MR) is 127 cm³/mol. The Bertz CT molecular complexity index is 1180. The van der Waals surface area contributed by atoms with Gasteiger partial charge in [-0.1, -0.05) is 6.58 Å². The standard InChI is InChI=1S/C22H28F3N9/c1-5-34-19(8-13(2)32-34)21-29-20(30-31-21)16-9-15(14(3)27)10-18(17(16)11-26)28-6-7-33(4)12-22(23,24)25/h8-11,26,28H,3,5-7,12,27H2,1-2,4H3,(H,29,30,31). The Morgan fingerprint density at radius 2 is 2.09 bits per heavy atom. The van der Waals surface area contributed by atoms with Gasteiger partial charge in [-0.25, -0.2) is 4.98 Å². The second-order valence-electron chi connectivity index (χ2n) is 7.93. The quantitative estimate of drug-likeness (QED) is 0.333. The monoisotopic (exact) mass is 475 g/mol. The van der Waals surface area contributed by atoms with Crippen molar-refractivity contribution in [2.75, 3.05) is 32.0 Å². The zero-order valence-corrected chi connectivity index (χ0v) is 19.3. The number of H-pyrrole nitrogens is 1. The van der Waals surface area contributed by atoms with Crippen LogP contribution in [-0.2, 0) is 6.54 Å². The molecular weight excluding hydrogens is 447 g/mol. The smallest absolute Gasteiger partial charge is 0.399 e. The van der Waals surface area contributed by atoms with E-state index in [-0.39, 0.29) is 13.1 Å². The highest BCUT2D eigenvalue weighted by atomic mass is 19.4. The molecule has 5 N–H and O–H groups in total. The number of anilines is 1. The lowest BCUT2D eigenvalue weighted by Gasteiger charge is -2.20. The van der Waals surface area contributed by atoms with Crippen molar-refractivity contribution < 1.29 is 13.2 Å². The first kappa shape index (κ1) is 25.0. The molecule has 0 aliphatic heterocycles. The Labute approximate surface area is 195 Å². The van der Waals surface area contributed by atoms with Gasteiger partial charge in [0.25, 0.3) is 0 Å². The van der Waals surface area contributed by atoms with Gasteiger partial charge >= 0.3 is 6.18 Å². The number of halogens is 3. The van der Waals surface area contributed by atoms with Gasteiger partial charge < -0.3 is 16.5 Å². The van der Waals surface area contributed by atoms with Crippen molar-refractivity contribution >= 4 is 17.6 Å². The van der Waals surface area contributed by atoms with Crippen LogP contribution in [0.15, 0.2) is 24.8 Å². The van der Waals surface area contributed by atoms with Gasteiger partial charge in [0.2, 0.25) is 0 Å². The lowest BCUT2D eigenvalue weighted by molar-refractivity contribution is -0.142. The topological polar surface area (TPSA) is 125 Å². The van der Waals surface area contributed by atoms with E-state index in [0.717, 1.165) is 17.6 Å². The van der Waals surface area contributed by atoms with Crippen LogP contribution in [-0.4, -0.2) is 68.9 Å². The van der Waals surface area contributed by atoms with Crippen molar-refractivity contribution in [3.05, 3.63) is 41.6 Å². The van der Waals surface area contributed by atoms with Crippen molar-refractivity contribution in [2.24, 2.45) is 5.73 Å². The summed E-state index contributed by atoms with van der Waals surface area (Å²) in [6, 6.07) is 5.34. The molecule has 0 unspecified atom stereocenters. The minimum Gasteiger partial charge on any atom is -0.399 e. The van der Waals surface area contributed by atoms with Crippen LogP contribution in [0.2, 0.25) is 0 Å². The number of aromatic amines is 1. The van der Waals surface area contributed by atoms with Crippen LogP contribution >= 0.6 is 0 Å². The second-order valence-corrected chi connectivity index (χ2v) is 7.93. The lowest BCUT2D eigenvalue weighted by Crippen LogP contribution is -2.34. The molecule has 2 aromatic heterocycles. The van der Waals surface area contributed by atoms with E-state index < -0.39 is 12.7 Å². The first-order chi connectivity index (χ1) is 16.0. The zero-order chi connectivity index (χ0) is 25.0. The molecule has 0 aliphatic carbocycles. The van der Waals surface area contributed by atoms with Gasteiger partial charge in [-0.2, -0.15) is 23.4 Å². The minimum atomic E-state index is -4.27. The molecule has 0 aliphatic rings. The van der Waals surface area contributed by atoms with Crippen LogP contribution < -0.4 is 11.1 Å². The van der Waals surface area contributed by atoms with Crippen molar-refractivity contribution in [1.82, 2.24) is 29.9 Å². The van der Waals surface area contributed by atoms with Crippen LogP contribution in [0.5, 0.6) is 0 Å². The molecule has 3 aromatic rings. The van der Waals surface area contributed by atoms with E-state index >= 15 is 0 Å². The van der Waals surface area contributed by atoms with E-state index in [4.69, 9.17) is 11.1 Å². The highest BCUT2D eigenvalue weighted by Crippen LogP contribution is 2.31. The molecule has 0 atom stereocenters. The number of alkyl halides is 3. The van der Waals surface area contributed by atoms with E-state index in [1.165, 1.54) is 11.9 Å². The normalized spacial score (nSPS) is 11.7. The number of nitrogens with one attached hydrogen (secondary N) is 3. The number of nitrogens with zero attached hydrogens (tertiary/aromatic N) is 5. The van der Waals surface area contributed by atoms with Crippen molar-refractivity contribution in [3.8, 4) is 22.9 Å². The number of benzene rings is 1. The van der Waals surface area contributed by atoms with Gasteiger partial charge in [-0.15, -0.1) is 0 Å². The molecule has 2 heterocycles. The largest absolute Gasteiger partial charge is 0.401 e. The SMILES string of the molecule is C=C(N)c1cc(NCCN(C)CC(F)(F)F)c(C=N)c(-c2n[nH]c(-c3cc(C)nn3CC)n2)c1. The first-order valence-corrected chi connectivity index (χ1v) is 10.6. The third-order valence-electron chi connectivity index (χ3n) is 5.12. The number of hydrogen-bond donors (Lipinski definition) is 4. The molecule has 0 saturated carbocycles. The second kappa shape index (κ2) is 10.1. The number of aromatic nitrogens is 5. The third-order valence-corrected chi connectivity index (χ3v) is 5.12. The summed E-state index contributed by atoms with van der Waals surface area (Å²) in [5.74, 6) is 0.865. The molecule has 1 aromatic carbocycles. The fourth-order valence-electron chi connectivity index (χ4n) is 3.57. The van der Waals surface area contributed by atoms with E-state index in [1.54, 1.807) is 16.8 Å². The summed E-state index contributed by atoms with van der Waals surface area (Å²) >= 11 is 0. The summed E-state index contributed by atoms with van der Waals surface area (Å²) < 4.78 is 39.6. The molecule has 0 radical (unpaired) electrons. The van der Waals surface area contributed by atoms with Gasteiger partial charge in [0.15, 0.2) is 11.6 Å². The molecule has 182 valence electrons. The number of aryl methyl sites for hydroxylation is 2. The van der Waals surface area contributed by atoms with Crippen LogP contribution in [0, 0.1) is 12.3 Å². The minimum absolute atomic E-state index is 0.144. The first-order valence-electron chi connectivity index (χ1n) is 10.6. The van der Waals surface area contributed by atoms with Crippen LogP contribution in [0.1, 0.15) is 23.7 Å². The van der Waals surface area contributed by atoms with E-state index in [2.05, 4.69) is 32.2 Å². The summed E-state index contributed by atoms with van der Waals surface area (Å²) in [5, 5.41) is 22.8. The summed E-state index contributed by atoms with van der Waals surface area (Å²) in [6.45, 7) is 7.66. The summed E-state index contributed by atoms with van der Waals surface area (Å²) in [7, 11) is 1.40. The molecule has 0 spiro atoms. The Balaban J connectivity index is 1.93. The molecule has 3 rings (SSSR count). The van der Waals surface area contributed by atoms with Gasteiger partial charge in [0.05, 0.1) is 12.2 Å². The van der Waals surface area contributed by atoms with Crippen molar-refractivity contribution in [2.45, 2.75) is 26.6 Å². The van der Waals surface area contributed by atoms with Crippen molar-refractivity contribution in [3.63, 3.8) is 0 Å². The molecule has 0 fully saturated rings. The average Bonchev–Trinajstić information content (AvgIpc) is 3.38. The molecule has 0 amide bonds. The van der Waals surface area contributed by atoms with Crippen LogP contribution in [0.4, 0.5) is 18.9 Å². The fourth-order valence-corrected chi connectivity index (χ4v) is 3.57. The number of likely N-dealkylation sites (N-methyl/N-ethyl adjacent to an activating group) is 1. The fraction of sp³-hybridized carbons (Fsp3) is 0.364. The molecular formula is C22H28F3N9. The zero-order valence-electron chi connectivity index (χ0n) is 19.3. The average molecular weight is 476 g/mol. The summed E-state index contributed by atoms with van der Waals surface area (Å²) in [5.41, 5.74) is 9.98. The predicted octanol–water partition coefficient (Wildman–Crippen LogP) is 3.50. The Morgan fingerprint density at radius 1 is 1.35 bits per heavy atom. The van der Waals surface area contributed by atoms with Gasteiger partial charge in [0, 0.05) is 48.4 Å². The Kier molecular flexibility index (Phi) is 7.40. The number of hydrogen-bond acceptors (Lipinski definition) is 7. The lowest BCUT2D eigenvalue weighted by atomic mass is 10.00. The van der Waals surface area contributed by atoms with Gasteiger partial charge in [0.1, 0.15) is 5.69 Å². The van der Waals surface area contributed by atoms with E-state index in [9.17, 15) is 13.2 Å². The van der Waals surface area contributed by atoms with Gasteiger partial charge in [-0.05, 0) is 44.7 Å². The maximum absolute atomic E-state index is 12.6. The summed E-state index contributed by atoms with van der Waals surface area (Å²) in [4.78, 5) is 5.78. The van der Waals surface area contributed by atoms with Crippen molar-refractivity contribution in [1.29, 1.82) is 5.41 Å². The molecule has 0 bridgehead atoms. The molecule has 34 heavy (non-hydrogen) atoms. The maximum Gasteiger partial charge on any atom is 0.401 e. The van der Waals surface area contributed by atoms with Gasteiger partial charge in [-0.3, -0.25) is 14.7 Å². The third kappa shape index (κ3) is 5.81. The van der Waals surface area contributed by atoms with E-state index in [0.29, 0.717) is 46.3 Å². The highest BCUT2D eigenvalue weighted by molar-refractivity contribution is 5.96. The Hall–Kier alpha value is -3.67. The number of rotatable bonds is 10. The van der Waals surface area contributed by atoms with E-state index in [1.807, 2.05) is 19.9 Å². The molecule has 0 saturated heterocycles. The maximum atomic E-state index is 12.6. The van der Waals surface area contributed by atoms with Crippen LogP contribution in [0.25, 0.3) is 28.6 Å². The van der Waals surface area contributed by atoms with Crippen LogP contribution in [0.3, 0.4) is 0 Å². The Morgan fingerprint density at radius 3 is 2.71 bits per heavy atom. The molecule has 12 heteroatoms. The number of nitrogens with two attached hydrogens (primary N) is 1. The highest BCUT2D eigenvalue weighted by Gasteiger charge is 2.28. The summed E-state index contributed by atoms with van der Waals surface area (Å²) in [6.07, 6.45) is -3.12. The molecule has 9 nitrogen and oxygen atoms in total.